The van der Waals surface area contributed by atoms with Crippen LogP contribution >= 0.6 is 11.6 Å². The zero-order chi connectivity index (χ0) is 13.1. The summed E-state index contributed by atoms with van der Waals surface area (Å²) in [7, 11) is 0. The fourth-order valence-corrected chi connectivity index (χ4v) is 1.98. The predicted molar refractivity (Wildman–Crippen MR) is 78.4 cm³/mol. The Hall–Kier alpha value is -0.570. The highest BCUT2D eigenvalue weighted by Crippen LogP contribution is 2.04. The number of halogens is 1. The molecule has 0 radical (unpaired) electrons. The van der Waals surface area contributed by atoms with Crippen LogP contribution in [0.5, 0.6) is 0 Å². The second-order valence-electron chi connectivity index (χ2n) is 4.46. The molecule has 3 heteroatoms. The van der Waals surface area contributed by atoms with Gasteiger partial charge in [-0.3, -0.25) is 0 Å². The molecule has 0 aliphatic rings. The van der Waals surface area contributed by atoms with Crippen LogP contribution in [0.2, 0.25) is 0 Å². The first kappa shape index (κ1) is 15.5. The molecule has 18 heavy (non-hydrogen) atoms. The molecular weight excluding hydrogens is 246 g/mol. The lowest BCUT2D eigenvalue weighted by molar-refractivity contribution is 0.131. The van der Waals surface area contributed by atoms with Gasteiger partial charge in [-0.05, 0) is 18.4 Å². The monoisotopic (exact) mass is 269 g/mol. The molecule has 1 atom stereocenters. The van der Waals surface area contributed by atoms with E-state index in [-0.39, 0.29) is 0 Å². The van der Waals surface area contributed by atoms with Crippen LogP contribution in [0.15, 0.2) is 30.3 Å². The predicted octanol–water partition coefficient (Wildman–Crippen LogP) is 3.24. The van der Waals surface area contributed by atoms with E-state index in [1.807, 2.05) is 6.07 Å². The fourth-order valence-electron chi connectivity index (χ4n) is 1.76. The minimum absolute atomic E-state index is 0.323. The molecule has 2 nitrogen and oxygen atoms in total. The van der Waals surface area contributed by atoms with Gasteiger partial charge in [0.2, 0.25) is 0 Å². The third-order valence-electron chi connectivity index (χ3n) is 2.83. The zero-order valence-corrected chi connectivity index (χ0v) is 12.0. The molecule has 0 saturated carbocycles. The molecule has 1 aromatic rings. The normalized spacial score (nSPS) is 12.6. The van der Waals surface area contributed by atoms with Gasteiger partial charge >= 0.3 is 0 Å². The molecule has 0 heterocycles. The molecule has 0 aromatic heterocycles. The largest absolute Gasteiger partial charge is 0.380 e. The lowest BCUT2D eigenvalue weighted by Gasteiger charge is -2.16. The second kappa shape index (κ2) is 10.4. The standard InChI is InChI=1S/C15H24ClNO/c1-2-3-10-18-11-9-17-15(13-16)12-14-7-5-4-6-8-14/h4-8,15,17H,2-3,9-13H2,1H3. The molecule has 102 valence electrons. The van der Waals surface area contributed by atoms with Crippen molar-refractivity contribution in [2.75, 3.05) is 25.6 Å². The van der Waals surface area contributed by atoms with E-state index in [0.29, 0.717) is 11.9 Å². The van der Waals surface area contributed by atoms with Crippen LogP contribution in [0.25, 0.3) is 0 Å². The van der Waals surface area contributed by atoms with E-state index in [9.17, 15) is 0 Å². The van der Waals surface area contributed by atoms with Gasteiger partial charge in [0.1, 0.15) is 0 Å². The van der Waals surface area contributed by atoms with Gasteiger partial charge in [-0.25, -0.2) is 0 Å². The molecule has 0 aliphatic heterocycles. The summed E-state index contributed by atoms with van der Waals surface area (Å²) >= 11 is 5.98. The fraction of sp³-hybridized carbons (Fsp3) is 0.600. The summed E-state index contributed by atoms with van der Waals surface area (Å²) in [6, 6.07) is 10.8. The van der Waals surface area contributed by atoms with Crippen molar-refractivity contribution < 1.29 is 4.74 Å². The Balaban J connectivity index is 2.14. The number of rotatable bonds is 10. The third kappa shape index (κ3) is 7.00. The van der Waals surface area contributed by atoms with Crippen molar-refractivity contribution in [2.24, 2.45) is 0 Å². The minimum Gasteiger partial charge on any atom is -0.380 e. The van der Waals surface area contributed by atoms with Gasteiger partial charge in [0.05, 0.1) is 6.61 Å². The van der Waals surface area contributed by atoms with Crippen LogP contribution < -0.4 is 5.32 Å². The SMILES string of the molecule is CCCCOCCNC(CCl)Cc1ccccc1. The molecule has 1 rings (SSSR count). The molecule has 1 N–H and O–H groups in total. The first-order valence-electron chi connectivity index (χ1n) is 6.77. The van der Waals surface area contributed by atoms with E-state index in [1.54, 1.807) is 0 Å². The van der Waals surface area contributed by atoms with Gasteiger partial charge in [0.25, 0.3) is 0 Å². The Bertz CT molecular complexity index is 292. The molecule has 0 amide bonds. The number of hydrogen-bond acceptors (Lipinski definition) is 2. The summed E-state index contributed by atoms with van der Waals surface area (Å²) in [6.07, 6.45) is 3.30. The molecule has 1 unspecified atom stereocenters. The summed E-state index contributed by atoms with van der Waals surface area (Å²) in [5.74, 6) is 0.629. The Morgan fingerprint density at radius 1 is 1.22 bits per heavy atom. The average Bonchev–Trinajstić information content (AvgIpc) is 2.42. The molecule has 0 fully saturated rings. The Morgan fingerprint density at radius 3 is 2.67 bits per heavy atom. The van der Waals surface area contributed by atoms with Gasteiger partial charge in [-0.15, -0.1) is 11.6 Å². The number of nitrogens with one attached hydrogen (secondary N) is 1. The van der Waals surface area contributed by atoms with E-state index >= 15 is 0 Å². The minimum atomic E-state index is 0.323. The van der Waals surface area contributed by atoms with E-state index in [1.165, 1.54) is 12.0 Å². The highest BCUT2D eigenvalue weighted by molar-refractivity contribution is 6.18. The lowest BCUT2D eigenvalue weighted by atomic mass is 10.1. The smallest absolute Gasteiger partial charge is 0.0591 e. The van der Waals surface area contributed by atoms with Crippen LogP contribution in [0.3, 0.4) is 0 Å². The van der Waals surface area contributed by atoms with Crippen molar-refractivity contribution in [2.45, 2.75) is 32.2 Å². The quantitative estimate of drug-likeness (QED) is 0.520. The Labute approximate surface area is 116 Å². The van der Waals surface area contributed by atoms with E-state index < -0.39 is 0 Å². The number of unbranched alkanes of at least 4 members (excludes halogenated alkanes) is 1. The summed E-state index contributed by atoms with van der Waals surface area (Å²) in [6.45, 7) is 4.67. The number of alkyl halides is 1. The maximum atomic E-state index is 5.98. The summed E-state index contributed by atoms with van der Waals surface area (Å²) in [4.78, 5) is 0. The van der Waals surface area contributed by atoms with Gasteiger partial charge in [0.15, 0.2) is 0 Å². The summed E-state index contributed by atoms with van der Waals surface area (Å²) in [5, 5.41) is 3.44. The number of ether oxygens (including phenoxy) is 1. The highest BCUT2D eigenvalue weighted by Gasteiger charge is 2.06. The van der Waals surface area contributed by atoms with Crippen LogP contribution in [0, 0.1) is 0 Å². The van der Waals surface area contributed by atoms with Gasteiger partial charge < -0.3 is 10.1 Å². The number of hydrogen-bond donors (Lipinski definition) is 1. The van der Waals surface area contributed by atoms with Gasteiger partial charge in [-0.2, -0.15) is 0 Å². The zero-order valence-electron chi connectivity index (χ0n) is 11.2. The van der Waals surface area contributed by atoms with Crippen molar-refractivity contribution in [3.8, 4) is 0 Å². The van der Waals surface area contributed by atoms with Crippen LogP contribution in [-0.2, 0) is 11.2 Å². The molecule has 1 aromatic carbocycles. The van der Waals surface area contributed by atoms with E-state index in [4.69, 9.17) is 16.3 Å². The summed E-state index contributed by atoms with van der Waals surface area (Å²) < 4.78 is 5.51. The topological polar surface area (TPSA) is 21.3 Å². The van der Waals surface area contributed by atoms with E-state index in [0.717, 1.165) is 32.6 Å². The van der Waals surface area contributed by atoms with Crippen molar-refractivity contribution in [3.05, 3.63) is 35.9 Å². The first-order valence-corrected chi connectivity index (χ1v) is 7.31. The third-order valence-corrected chi connectivity index (χ3v) is 3.21. The molecule has 0 aliphatic carbocycles. The molecule has 0 spiro atoms. The van der Waals surface area contributed by atoms with Crippen molar-refractivity contribution >= 4 is 11.6 Å². The molecule has 0 bridgehead atoms. The van der Waals surface area contributed by atoms with Crippen LogP contribution in [0.4, 0.5) is 0 Å². The van der Waals surface area contributed by atoms with E-state index in [2.05, 4.69) is 36.5 Å². The van der Waals surface area contributed by atoms with Gasteiger partial charge in [0, 0.05) is 25.1 Å². The average molecular weight is 270 g/mol. The Kier molecular flexibility index (Phi) is 8.92. The van der Waals surface area contributed by atoms with Crippen LogP contribution in [-0.4, -0.2) is 31.7 Å². The van der Waals surface area contributed by atoms with Crippen molar-refractivity contribution in [1.82, 2.24) is 5.32 Å². The lowest BCUT2D eigenvalue weighted by Crippen LogP contribution is -2.35. The molecular formula is C15H24ClNO. The Morgan fingerprint density at radius 2 is 2.00 bits per heavy atom. The maximum Gasteiger partial charge on any atom is 0.0591 e. The van der Waals surface area contributed by atoms with Gasteiger partial charge in [-0.1, -0.05) is 43.7 Å². The van der Waals surface area contributed by atoms with Crippen molar-refractivity contribution in [3.63, 3.8) is 0 Å². The van der Waals surface area contributed by atoms with Crippen molar-refractivity contribution in [1.29, 1.82) is 0 Å². The maximum absolute atomic E-state index is 5.98. The second-order valence-corrected chi connectivity index (χ2v) is 4.77. The first-order chi connectivity index (χ1) is 8.86. The number of benzene rings is 1. The molecule has 0 saturated heterocycles. The van der Waals surface area contributed by atoms with Crippen LogP contribution in [0.1, 0.15) is 25.3 Å². The highest BCUT2D eigenvalue weighted by atomic mass is 35.5. The summed E-state index contributed by atoms with van der Waals surface area (Å²) in [5.41, 5.74) is 1.32.